The smallest absolute Gasteiger partial charge is 0.135 e. The Hall–Kier alpha value is -3.31. The summed E-state index contributed by atoms with van der Waals surface area (Å²) in [5, 5.41) is 7.60. The lowest BCUT2D eigenvalue weighted by Crippen LogP contribution is -2.27. The zero-order valence-corrected chi connectivity index (χ0v) is 15.3. The minimum Gasteiger partial charge on any atom is -0.490 e. The molecule has 0 amide bonds. The fourth-order valence-electron chi connectivity index (χ4n) is 3.44. The highest BCUT2D eigenvalue weighted by molar-refractivity contribution is 6.15. The van der Waals surface area contributed by atoms with Crippen molar-refractivity contribution in [1.82, 2.24) is 9.97 Å². The summed E-state index contributed by atoms with van der Waals surface area (Å²) in [6.07, 6.45) is 4.83. The SMILES string of the molecule is C=CCOc1ccc2[nH]c3c(C)c4ccnc(NC(N)C=C)c4cc3c2c1. The van der Waals surface area contributed by atoms with Crippen molar-refractivity contribution in [3.63, 3.8) is 0 Å². The van der Waals surface area contributed by atoms with Crippen molar-refractivity contribution in [3.8, 4) is 5.75 Å². The number of H-pyrrole nitrogens is 1. The molecule has 1 atom stereocenters. The molecule has 4 N–H and O–H groups in total. The van der Waals surface area contributed by atoms with Crippen LogP contribution >= 0.6 is 0 Å². The van der Waals surface area contributed by atoms with Gasteiger partial charge in [-0.25, -0.2) is 4.98 Å². The van der Waals surface area contributed by atoms with E-state index in [1.165, 1.54) is 5.56 Å². The molecule has 0 radical (unpaired) electrons. The topological polar surface area (TPSA) is 76.0 Å². The summed E-state index contributed by atoms with van der Waals surface area (Å²) in [5.74, 6) is 1.57. The Kier molecular flexibility index (Phi) is 4.30. The van der Waals surface area contributed by atoms with Crippen LogP contribution in [0.5, 0.6) is 5.75 Å². The number of nitrogens with one attached hydrogen (secondary N) is 2. The van der Waals surface area contributed by atoms with Crippen molar-refractivity contribution in [3.05, 3.63) is 67.4 Å². The van der Waals surface area contributed by atoms with Gasteiger partial charge in [0.1, 0.15) is 18.2 Å². The highest BCUT2D eigenvalue weighted by Gasteiger charge is 2.14. The first-order valence-electron chi connectivity index (χ1n) is 8.84. The summed E-state index contributed by atoms with van der Waals surface area (Å²) in [5.41, 5.74) is 9.34. The number of ether oxygens (including phenoxy) is 1. The Balaban J connectivity index is 1.98. The highest BCUT2D eigenvalue weighted by atomic mass is 16.5. The van der Waals surface area contributed by atoms with E-state index >= 15 is 0 Å². The van der Waals surface area contributed by atoms with Crippen molar-refractivity contribution in [2.24, 2.45) is 5.73 Å². The molecule has 5 heteroatoms. The van der Waals surface area contributed by atoms with E-state index in [1.54, 1.807) is 18.3 Å². The first-order valence-corrected chi connectivity index (χ1v) is 8.84. The van der Waals surface area contributed by atoms with Crippen LogP contribution in [0.25, 0.3) is 32.6 Å². The van der Waals surface area contributed by atoms with Gasteiger partial charge in [0.15, 0.2) is 0 Å². The van der Waals surface area contributed by atoms with Gasteiger partial charge in [0, 0.05) is 27.9 Å². The molecule has 2 aromatic carbocycles. The maximum Gasteiger partial charge on any atom is 0.135 e. The second kappa shape index (κ2) is 6.78. The second-order valence-corrected chi connectivity index (χ2v) is 6.52. The Bertz CT molecular complexity index is 1180. The van der Waals surface area contributed by atoms with E-state index < -0.39 is 0 Å². The number of aryl methyl sites for hydroxylation is 1. The van der Waals surface area contributed by atoms with Gasteiger partial charge < -0.3 is 20.8 Å². The van der Waals surface area contributed by atoms with Gasteiger partial charge in [-0.1, -0.05) is 25.3 Å². The van der Waals surface area contributed by atoms with E-state index in [-0.39, 0.29) is 6.17 Å². The van der Waals surface area contributed by atoms with E-state index in [1.807, 2.05) is 18.2 Å². The van der Waals surface area contributed by atoms with Gasteiger partial charge >= 0.3 is 0 Å². The molecule has 27 heavy (non-hydrogen) atoms. The van der Waals surface area contributed by atoms with Crippen molar-refractivity contribution in [1.29, 1.82) is 0 Å². The minimum atomic E-state index is -0.360. The summed E-state index contributed by atoms with van der Waals surface area (Å²) in [7, 11) is 0. The molecule has 0 aliphatic carbocycles. The zero-order chi connectivity index (χ0) is 19.0. The van der Waals surface area contributed by atoms with Crippen molar-refractivity contribution < 1.29 is 4.74 Å². The highest BCUT2D eigenvalue weighted by Crippen LogP contribution is 2.36. The molecule has 0 fully saturated rings. The standard InChI is InChI=1S/C22H22N4O/c1-4-10-27-14-6-7-19-16(11-14)17-12-18-15(13(3)21(17)25-19)8-9-24-22(18)26-20(23)5-2/h4-9,11-12,20,25H,1-2,10,23H2,3H3,(H,24,26). The fourth-order valence-corrected chi connectivity index (χ4v) is 3.44. The molecule has 2 aromatic heterocycles. The van der Waals surface area contributed by atoms with E-state index in [2.05, 4.69) is 47.5 Å². The molecule has 0 aliphatic heterocycles. The first-order chi connectivity index (χ1) is 13.1. The number of hydrogen-bond acceptors (Lipinski definition) is 4. The Morgan fingerprint density at radius 2 is 2.04 bits per heavy atom. The number of benzene rings is 2. The van der Waals surface area contributed by atoms with Crippen molar-refractivity contribution in [2.75, 3.05) is 11.9 Å². The molecule has 0 bridgehead atoms. The average molecular weight is 358 g/mol. The number of anilines is 1. The minimum absolute atomic E-state index is 0.360. The van der Waals surface area contributed by atoms with Gasteiger partial charge in [0.2, 0.25) is 0 Å². The van der Waals surface area contributed by atoms with Gasteiger partial charge in [0.25, 0.3) is 0 Å². The summed E-state index contributed by atoms with van der Waals surface area (Å²) in [6, 6.07) is 10.2. The molecular weight excluding hydrogens is 336 g/mol. The largest absolute Gasteiger partial charge is 0.490 e. The van der Waals surface area contributed by atoms with E-state index in [4.69, 9.17) is 10.5 Å². The third-order valence-corrected chi connectivity index (χ3v) is 4.79. The van der Waals surface area contributed by atoms with E-state index in [0.29, 0.717) is 6.61 Å². The molecule has 5 nitrogen and oxygen atoms in total. The van der Waals surface area contributed by atoms with Crippen LogP contribution in [0.3, 0.4) is 0 Å². The molecule has 136 valence electrons. The van der Waals surface area contributed by atoms with Crippen LogP contribution in [-0.4, -0.2) is 22.7 Å². The number of nitrogens with two attached hydrogens (primary N) is 1. The second-order valence-electron chi connectivity index (χ2n) is 6.52. The molecule has 4 aromatic rings. The first kappa shape index (κ1) is 17.1. The molecule has 0 spiro atoms. The molecule has 0 saturated carbocycles. The number of fused-ring (bicyclic) bond motifs is 4. The third-order valence-electron chi connectivity index (χ3n) is 4.79. The average Bonchev–Trinajstić information content (AvgIpc) is 3.05. The Morgan fingerprint density at radius 3 is 2.81 bits per heavy atom. The lowest BCUT2D eigenvalue weighted by Gasteiger charge is -2.13. The lowest BCUT2D eigenvalue weighted by molar-refractivity contribution is 0.364. The Morgan fingerprint density at radius 1 is 1.19 bits per heavy atom. The number of aromatic amines is 1. The number of pyridine rings is 1. The number of hydrogen-bond donors (Lipinski definition) is 3. The number of nitrogens with zero attached hydrogens (tertiary/aromatic N) is 1. The maximum atomic E-state index is 5.98. The van der Waals surface area contributed by atoms with Crippen LogP contribution in [0.4, 0.5) is 5.82 Å². The lowest BCUT2D eigenvalue weighted by atomic mass is 10.0. The van der Waals surface area contributed by atoms with Gasteiger partial charge in [-0.2, -0.15) is 0 Å². The predicted octanol–water partition coefficient (Wildman–Crippen LogP) is 4.63. The fraction of sp³-hybridized carbons (Fsp3) is 0.136. The Labute approximate surface area is 157 Å². The summed E-state index contributed by atoms with van der Waals surface area (Å²) >= 11 is 0. The van der Waals surface area contributed by atoms with Gasteiger partial charge in [0.05, 0.1) is 11.7 Å². The summed E-state index contributed by atoms with van der Waals surface area (Å²) in [6.45, 7) is 10.0. The number of aromatic nitrogens is 2. The molecule has 4 rings (SSSR count). The predicted molar refractivity (Wildman–Crippen MR) is 113 cm³/mol. The molecular formula is C22H22N4O. The van der Waals surface area contributed by atoms with Crippen LogP contribution in [0, 0.1) is 6.92 Å². The van der Waals surface area contributed by atoms with Crippen molar-refractivity contribution in [2.45, 2.75) is 13.1 Å². The van der Waals surface area contributed by atoms with Crippen LogP contribution in [-0.2, 0) is 0 Å². The van der Waals surface area contributed by atoms with Gasteiger partial charge in [-0.05, 0) is 48.2 Å². The molecule has 0 saturated heterocycles. The van der Waals surface area contributed by atoms with Gasteiger partial charge in [-0.3, -0.25) is 0 Å². The zero-order valence-electron chi connectivity index (χ0n) is 15.3. The normalized spacial score (nSPS) is 12.4. The third kappa shape index (κ3) is 2.92. The maximum absolute atomic E-state index is 5.98. The van der Waals surface area contributed by atoms with E-state index in [9.17, 15) is 0 Å². The van der Waals surface area contributed by atoms with Gasteiger partial charge in [-0.15, -0.1) is 0 Å². The number of rotatable bonds is 6. The van der Waals surface area contributed by atoms with Crippen LogP contribution < -0.4 is 15.8 Å². The van der Waals surface area contributed by atoms with Crippen molar-refractivity contribution >= 4 is 38.4 Å². The monoisotopic (exact) mass is 358 g/mol. The quantitative estimate of drug-likeness (QED) is 0.347. The van der Waals surface area contributed by atoms with E-state index in [0.717, 1.165) is 44.1 Å². The molecule has 0 aliphatic rings. The molecule has 1 unspecified atom stereocenters. The summed E-state index contributed by atoms with van der Waals surface area (Å²) in [4.78, 5) is 8.02. The van der Waals surface area contributed by atoms with Crippen LogP contribution in [0.2, 0.25) is 0 Å². The molecule has 2 heterocycles. The van der Waals surface area contributed by atoms with Crippen LogP contribution in [0.15, 0.2) is 61.8 Å². The summed E-state index contributed by atoms with van der Waals surface area (Å²) < 4.78 is 5.71. The van der Waals surface area contributed by atoms with Crippen LogP contribution in [0.1, 0.15) is 5.56 Å².